The molecule has 0 aliphatic rings. The average Bonchev–Trinajstić information content (AvgIpc) is 2.54. The number of halogens is 1. The summed E-state index contributed by atoms with van der Waals surface area (Å²) in [6.45, 7) is 20.4. The first-order valence-electron chi connectivity index (χ1n) is 10.3. The van der Waals surface area contributed by atoms with Crippen LogP contribution in [0, 0.1) is 5.82 Å². The summed E-state index contributed by atoms with van der Waals surface area (Å²) in [5, 5.41) is 2.92. The van der Waals surface area contributed by atoms with Gasteiger partial charge in [0.15, 0.2) is 8.32 Å². The Morgan fingerprint density at radius 1 is 1.20 bits per heavy atom. The topological polar surface area (TPSA) is 56.8 Å². The van der Waals surface area contributed by atoms with Crippen molar-refractivity contribution < 1.29 is 23.1 Å². The third kappa shape index (κ3) is 9.30. The highest BCUT2D eigenvalue weighted by atomic mass is 28.4. The van der Waals surface area contributed by atoms with Crippen molar-refractivity contribution >= 4 is 14.4 Å². The van der Waals surface area contributed by atoms with Crippen LogP contribution < -0.4 is 10.1 Å². The van der Waals surface area contributed by atoms with E-state index in [0.29, 0.717) is 24.3 Å². The number of hydrogen-bond donors (Lipinski definition) is 1. The molecule has 0 saturated heterocycles. The van der Waals surface area contributed by atoms with Gasteiger partial charge in [-0.05, 0) is 63.0 Å². The lowest BCUT2D eigenvalue weighted by Gasteiger charge is -2.37. The molecule has 0 aliphatic heterocycles. The molecule has 1 rings (SSSR count). The maximum Gasteiger partial charge on any atom is 0.407 e. The third-order valence-corrected chi connectivity index (χ3v) is 9.45. The van der Waals surface area contributed by atoms with Gasteiger partial charge < -0.3 is 19.2 Å². The van der Waals surface area contributed by atoms with Gasteiger partial charge in [-0.2, -0.15) is 0 Å². The minimum absolute atomic E-state index is 0.0357. The summed E-state index contributed by atoms with van der Waals surface area (Å²) < 4.78 is 31.3. The summed E-state index contributed by atoms with van der Waals surface area (Å²) in [5.74, 6) is 0.0270. The van der Waals surface area contributed by atoms with Crippen LogP contribution in [0.4, 0.5) is 9.18 Å². The molecule has 1 aromatic carbocycles. The summed E-state index contributed by atoms with van der Waals surface area (Å²) in [6, 6.07) is 4.16. The molecule has 170 valence electrons. The van der Waals surface area contributed by atoms with Gasteiger partial charge in [-0.1, -0.05) is 33.4 Å². The lowest BCUT2D eigenvalue weighted by atomic mass is 10.1. The van der Waals surface area contributed by atoms with Crippen molar-refractivity contribution in [2.24, 2.45) is 0 Å². The molecule has 1 aromatic rings. The zero-order chi connectivity index (χ0) is 23.2. The molecule has 1 atom stereocenters. The number of carbonyl (C=O) groups excluding carboxylic acids is 1. The molecule has 0 fully saturated rings. The van der Waals surface area contributed by atoms with Gasteiger partial charge in [-0.3, -0.25) is 0 Å². The normalized spacial score (nSPS) is 13.5. The molecule has 0 aliphatic carbocycles. The fraction of sp³-hybridized carbons (Fsp3) is 0.609. The van der Waals surface area contributed by atoms with Crippen LogP contribution >= 0.6 is 0 Å². The van der Waals surface area contributed by atoms with Gasteiger partial charge in [0.1, 0.15) is 23.8 Å². The molecular weight excluding hydrogens is 401 g/mol. The van der Waals surface area contributed by atoms with Gasteiger partial charge in [-0.25, -0.2) is 9.18 Å². The fourth-order valence-corrected chi connectivity index (χ4v) is 3.46. The molecule has 0 bridgehead atoms. The van der Waals surface area contributed by atoms with Crippen LogP contribution in [-0.4, -0.2) is 39.3 Å². The Morgan fingerprint density at radius 2 is 1.83 bits per heavy atom. The molecule has 0 saturated carbocycles. The highest BCUT2D eigenvalue weighted by Crippen LogP contribution is 2.36. The van der Waals surface area contributed by atoms with Gasteiger partial charge in [0.05, 0.1) is 12.6 Å². The van der Waals surface area contributed by atoms with Crippen LogP contribution in [-0.2, 0) is 15.6 Å². The number of carbonyl (C=O) groups is 1. The Hall–Kier alpha value is -1.86. The zero-order valence-corrected chi connectivity index (χ0v) is 20.7. The Kier molecular flexibility index (Phi) is 9.11. The monoisotopic (exact) mass is 439 g/mol. The summed E-state index contributed by atoms with van der Waals surface area (Å²) >= 11 is 0. The van der Waals surface area contributed by atoms with Crippen molar-refractivity contribution in [3.8, 4) is 5.75 Å². The quantitative estimate of drug-likeness (QED) is 0.387. The number of rotatable bonds is 9. The van der Waals surface area contributed by atoms with E-state index in [1.807, 2.05) is 20.8 Å². The molecule has 0 heterocycles. The lowest BCUT2D eigenvalue weighted by molar-refractivity contribution is 0.0485. The van der Waals surface area contributed by atoms with E-state index in [0.717, 1.165) is 0 Å². The van der Waals surface area contributed by atoms with E-state index in [-0.39, 0.29) is 17.7 Å². The highest BCUT2D eigenvalue weighted by Gasteiger charge is 2.37. The third-order valence-electron chi connectivity index (χ3n) is 4.95. The first-order valence-corrected chi connectivity index (χ1v) is 13.2. The maximum atomic E-state index is 14.1. The summed E-state index contributed by atoms with van der Waals surface area (Å²) in [5.41, 5.74) is 0.0911. The van der Waals surface area contributed by atoms with Crippen molar-refractivity contribution in [1.29, 1.82) is 0 Å². The number of ether oxygens (including phenoxy) is 2. The summed E-state index contributed by atoms with van der Waals surface area (Å²) in [6.07, 6.45) is 1.46. The van der Waals surface area contributed by atoms with Gasteiger partial charge in [0.2, 0.25) is 0 Å². The van der Waals surface area contributed by atoms with Gasteiger partial charge >= 0.3 is 6.09 Å². The molecule has 5 nitrogen and oxygen atoms in total. The van der Waals surface area contributed by atoms with E-state index in [2.05, 4.69) is 45.8 Å². The number of nitrogens with one attached hydrogen (secondary N) is 1. The largest absolute Gasteiger partial charge is 0.489 e. The fourth-order valence-electron chi connectivity index (χ4n) is 2.41. The number of amides is 1. The second kappa shape index (κ2) is 10.4. The molecular formula is C23H38FNO4Si. The predicted octanol–water partition coefficient (Wildman–Crippen LogP) is 5.85. The molecule has 0 unspecified atom stereocenters. The van der Waals surface area contributed by atoms with Gasteiger partial charge in [0.25, 0.3) is 0 Å². The SMILES string of the molecule is C=CCOc1cc(F)cc(C[C@@H](CO[Si](C)(C)C(C)(C)C)NC(=O)OC(C)(C)C)c1. The van der Waals surface area contributed by atoms with Crippen LogP contribution in [0.25, 0.3) is 0 Å². The molecule has 0 aromatic heterocycles. The lowest BCUT2D eigenvalue weighted by Crippen LogP contribution is -2.48. The highest BCUT2D eigenvalue weighted by molar-refractivity contribution is 6.74. The van der Waals surface area contributed by atoms with E-state index in [1.165, 1.54) is 12.1 Å². The van der Waals surface area contributed by atoms with Gasteiger partial charge in [0, 0.05) is 6.07 Å². The second-order valence-electron chi connectivity index (χ2n) is 10.0. The van der Waals surface area contributed by atoms with E-state index in [4.69, 9.17) is 13.9 Å². The minimum atomic E-state index is -2.02. The smallest absolute Gasteiger partial charge is 0.407 e. The Morgan fingerprint density at radius 3 is 2.37 bits per heavy atom. The number of alkyl carbamates (subject to hydrolysis) is 1. The van der Waals surface area contributed by atoms with Crippen LogP contribution in [0.5, 0.6) is 5.75 Å². The number of benzene rings is 1. The van der Waals surface area contributed by atoms with Crippen molar-refractivity contribution in [1.82, 2.24) is 5.32 Å². The Bertz CT molecular complexity index is 723. The maximum absolute atomic E-state index is 14.1. The van der Waals surface area contributed by atoms with Crippen LogP contribution in [0.15, 0.2) is 30.9 Å². The van der Waals surface area contributed by atoms with E-state index < -0.39 is 25.8 Å². The molecule has 1 amide bonds. The van der Waals surface area contributed by atoms with Crippen molar-refractivity contribution in [3.05, 3.63) is 42.2 Å². The molecule has 1 N–H and O–H groups in total. The van der Waals surface area contributed by atoms with E-state index in [1.54, 1.807) is 12.1 Å². The summed E-state index contributed by atoms with van der Waals surface area (Å²) in [4.78, 5) is 12.4. The molecule has 0 spiro atoms. The first-order chi connectivity index (χ1) is 13.6. The second-order valence-corrected chi connectivity index (χ2v) is 14.8. The number of hydrogen-bond acceptors (Lipinski definition) is 4. The van der Waals surface area contributed by atoms with Crippen LogP contribution in [0.1, 0.15) is 47.1 Å². The molecule has 30 heavy (non-hydrogen) atoms. The molecule has 0 radical (unpaired) electrons. The van der Waals surface area contributed by atoms with E-state index in [9.17, 15) is 9.18 Å². The van der Waals surface area contributed by atoms with E-state index >= 15 is 0 Å². The Labute approximate surface area is 182 Å². The summed E-state index contributed by atoms with van der Waals surface area (Å²) in [7, 11) is -2.02. The molecule has 7 heteroatoms. The zero-order valence-electron chi connectivity index (χ0n) is 19.7. The standard InChI is InChI=1S/C23H38FNO4Si/c1-10-11-27-20-14-17(12-18(24)15-20)13-19(25-21(26)29-22(2,3)4)16-28-30(8,9)23(5,6)7/h10,12,14-15,19H,1,11,13,16H2,2-9H3,(H,25,26)/t19-/m0/s1. The Balaban J connectivity index is 3.01. The van der Waals surface area contributed by atoms with Crippen LogP contribution in [0.2, 0.25) is 18.1 Å². The first kappa shape index (κ1) is 26.2. The van der Waals surface area contributed by atoms with Crippen molar-refractivity contribution in [3.63, 3.8) is 0 Å². The van der Waals surface area contributed by atoms with Gasteiger partial charge in [-0.15, -0.1) is 0 Å². The van der Waals surface area contributed by atoms with Crippen molar-refractivity contribution in [2.75, 3.05) is 13.2 Å². The minimum Gasteiger partial charge on any atom is -0.489 e. The van der Waals surface area contributed by atoms with Crippen molar-refractivity contribution in [2.45, 2.75) is 77.7 Å². The average molecular weight is 440 g/mol. The predicted molar refractivity (Wildman–Crippen MR) is 122 cm³/mol. The van der Waals surface area contributed by atoms with Crippen LogP contribution in [0.3, 0.4) is 0 Å².